The highest BCUT2D eigenvalue weighted by Crippen LogP contribution is 2.13. The summed E-state index contributed by atoms with van der Waals surface area (Å²) in [6, 6.07) is -0.369. The maximum atomic E-state index is 11.6. The minimum atomic E-state index is -0.369. The molecule has 1 rings (SSSR count). The van der Waals surface area contributed by atoms with E-state index >= 15 is 0 Å². The molecule has 0 aromatic carbocycles. The Balaban J connectivity index is 2.33. The first-order valence-corrected chi connectivity index (χ1v) is 6.99. The topological polar surface area (TPSA) is 72.9 Å². The molecule has 3 N–H and O–H groups in total. The first-order valence-electron chi connectivity index (χ1n) is 6.99. The minimum absolute atomic E-state index is 0.0403. The molecule has 0 aliphatic rings. The van der Waals surface area contributed by atoms with Crippen LogP contribution in [0.25, 0.3) is 0 Å². The first kappa shape index (κ1) is 15.7. The van der Waals surface area contributed by atoms with Crippen LogP contribution in [0.2, 0.25) is 0 Å². The van der Waals surface area contributed by atoms with Crippen molar-refractivity contribution < 1.29 is 4.79 Å². The third-order valence-electron chi connectivity index (χ3n) is 3.50. The van der Waals surface area contributed by atoms with Crippen molar-refractivity contribution in [3.63, 3.8) is 0 Å². The fourth-order valence-corrected chi connectivity index (χ4v) is 2.23. The lowest BCUT2D eigenvalue weighted by Crippen LogP contribution is -2.40. The van der Waals surface area contributed by atoms with Crippen LogP contribution in [0, 0.1) is 13.8 Å². The molecule has 0 fully saturated rings. The molecule has 5 heteroatoms. The van der Waals surface area contributed by atoms with Gasteiger partial charge in [0, 0.05) is 19.3 Å². The monoisotopic (exact) mass is 266 g/mol. The molecule has 0 saturated carbocycles. The molecule has 19 heavy (non-hydrogen) atoms. The van der Waals surface area contributed by atoms with Gasteiger partial charge < -0.3 is 11.1 Å². The fourth-order valence-electron chi connectivity index (χ4n) is 2.23. The van der Waals surface area contributed by atoms with Crippen LogP contribution in [0.5, 0.6) is 0 Å². The number of carbonyl (C=O) groups excluding carboxylic acids is 1. The summed E-state index contributed by atoms with van der Waals surface area (Å²) in [7, 11) is 1.96. The Morgan fingerprint density at radius 3 is 2.68 bits per heavy atom. The highest BCUT2D eigenvalue weighted by Gasteiger charge is 2.12. The molecule has 1 heterocycles. The van der Waals surface area contributed by atoms with E-state index in [1.807, 2.05) is 25.6 Å². The van der Waals surface area contributed by atoms with Crippen LogP contribution < -0.4 is 11.1 Å². The van der Waals surface area contributed by atoms with E-state index in [-0.39, 0.29) is 11.9 Å². The van der Waals surface area contributed by atoms with Gasteiger partial charge in [0.25, 0.3) is 0 Å². The Morgan fingerprint density at radius 2 is 2.16 bits per heavy atom. The van der Waals surface area contributed by atoms with Crippen molar-refractivity contribution in [2.45, 2.75) is 52.5 Å². The van der Waals surface area contributed by atoms with Crippen molar-refractivity contribution in [2.24, 2.45) is 12.8 Å². The Bertz CT molecular complexity index is 425. The van der Waals surface area contributed by atoms with Gasteiger partial charge in [-0.25, -0.2) is 0 Å². The lowest BCUT2D eigenvalue weighted by molar-refractivity contribution is -0.122. The molecule has 1 amide bonds. The minimum Gasteiger partial charge on any atom is -0.355 e. The molecule has 0 bridgehead atoms. The summed E-state index contributed by atoms with van der Waals surface area (Å²) < 4.78 is 1.90. The van der Waals surface area contributed by atoms with E-state index in [1.54, 1.807) is 0 Å². The van der Waals surface area contributed by atoms with Gasteiger partial charge in [0.1, 0.15) is 0 Å². The van der Waals surface area contributed by atoms with E-state index < -0.39 is 0 Å². The molecule has 0 saturated heterocycles. The van der Waals surface area contributed by atoms with Crippen LogP contribution in [0.15, 0.2) is 0 Å². The van der Waals surface area contributed by atoms with Gasteiger partial charge in [-0.2, -0.15) is 5.10 Å². The molecule has 0 spiro atoms. The summed E-state index contributed by atoms with van der Waals surface area (Å²) in [5.41, 5.74) is 9.31. The zero-order chi connectivity index (χ0) is 14.4. The lowest BCUT2D eigenvalue weighted by Gasteiger charge is -2.11. The summed E-state index contributed by atoms with van der Waals surface area (Å²) in [5, 5.41) is 7.28. The molecule has 108 valence electrons. The molecular weight excluding hydrogens is 240 g/mol. The van der Waals surface area contributed by atoms with Crippen molar-refractivity contribution in [2.75, 3.05) is 6.54 Å². The summed E-state index contributed by atoms with van der Waals surface area (Å²) in [6.07, 6.45) is 3.53. The third kappa shape index (κ3) is 4.35. The SMILES string of the molecule is CCCC(N)C(=O)NCCCc1c(C)nn(C)c1C. The first-order chi connectivity index (χ1) is 8.97. The van der Waals surface area contributed by atoms with E-state index in [9.17, 15) is 4.79 Å². The van der Waals surface area contributed by atoms with Crippen LogP contribution in [-0.4, -0.2) is 28.3 Å². The second-order valence-electron chi connectivity index (χ2n) is 5.06. The standard InChI is InChI=1S/C14H26N4O/c1-5-7-13(15)14(19)16-9-6-8-12-10(2)17-18(4)11(12)3/h13H,5-9,15H2,1-4H3,(H,16,19). The van der Waals surface area contributed by atoms with Gasteiger partial charge in [-0.3, -0.25) is 9.48 Å². The Labute approximate surface area is 115 Å². The number of amides is 1. The van der Waals surface area contributed by atoms with E-state index in [0.29, 0.717) is 6.54 Å². The highest BCUT2D eigenvalue weighted by atomic mass is 16.2. The van der Waals surface area contributed by atoms with Crippen molar-refractivity contribution in [3.8, 4) is 0 Å². The summed E-state index contributed by atoms with van der Waals surface area (Å²) >= 11 is 0. The third-order valence-corrected chi connectivity index (χ3v) is 3.50. The molecule has 0 aliphatic heterocycles. The Hall–Kier alpha value is -1.36. The zero-order valence-corrected chi connectivity index (χ0v) is 12.5. The molecule has 0 aliphatic carbocycles. The highest BCUT2D eigenvalue weighted by molar-refractivity contribution is 5.81. The fraction of sp³-hybridized carbons (Fsp3) is 0.714. The maximum absolute atomic E-state index is 11.6. The zero-order valence-electron chi connectivity index (χ0n) is 12.5. The number of aryl methyl sites for hydroxylation is 2. The van der Waals surface area contributed by atoms with Gasteiger partial charge >= 0.3 is 0 Å². The normalized spacial score (nSPS) is 12.5. The van der Waals surface area contributed by atoms with Gasteiger partial charge in [-0.05, 0) is 38.7 Å². The number of rotatable bonds is 7. The number of hydrogen-bond donors (Lipinski definition) is 2. The van der Waals surface area contributed by atoms with Gasteiger partial charge in [-0.1, -0.05) is 13.3 Å². The summed E-state index contributed by atoms with van der Waals surface area (Å²) in [5.74, 6) is -0.0403. The van der Waals surface area contributed by atoms with Crippen LogP contribution in [0.3, 0.4) is 0 Å². The van der Waals surface area contributed by atoms with Crippen molar-refractivity contribution in [3.05, 3.63) is 17.0 Å². The van der Waals surface area contributed by atoms with E-state index in [0.717, 1.165) is 31.4 Å². The number of aromatic nitrogens is 2. The van der Waals surface area contributed by atoms with Crippen LogP contribution in [-0.2, 0) is 18.3 Å². The predicted octanol–water partition coefficient (Wildman–Crippen LogP) is 1.21. The van der Waals surface area contributed by atoms with Crippen molar-refractivity contribution in [1.29, 1.82) is 0 Å². The van der Waals surface area contributed by atoms with Crippen LogP contribution in [0.4, 0.5) is 0 Å². The van der Waals surface area contributed by atoms with E-state index in [4.69, 9.17) is 5.73 Å². The molecule has 1 atom stereocenters. The number of carbonyl (C=O) groups is 1. The predicted molar refractivity (Wildman–Crippen MR) is 76.9 cm³/mol. The molecule has 1 aromatic rings. The number of nitrogens with zero attached hydrogens (tertiary/aromatic N) is 2. The lowest BCUT2D eigenvalue weighted by atomic mass is 10.1. The largest absolute Gasteiger partial charge is 0.355 e. The number of nitrogens with one attached hydrogen (secondary N) is 1. The number of hydrogen-bond acceptors (Lipinski definition) is 3. The van der Waals surface area contributed by atoms with Crippen molar-refractivity contribution in [1.82, 2.24) is 15.1 Å². The second kappa shape index (κ2) is 7.28. The average Bonchev–Trinajstić information content (AvgIpc) is 2.60. The number of nitrogens with two attached hydrogens (primary N) is 1. The van der Waals surface area contributed by atoms with Gasteiger partial charge in [0.15, 0.2) is 0 Å². The van der Waals surface area contributed by atoms with Gasteiger partial charge in [0.2, 0.25) is 5.91 Å². The smallest absolute Gasteiger partial charge is 0.236 e. The van der Waals surface area contributed by atoms with Crippen LogP contribution in [0.1, 0.15) is 43.1 Å². The van der Waals surface area contributed by atoms with Crippen LogP contribution >= 0.6 is 0 Å². The molecule has 5 nitrogen and oxygen atoms in total. The van der Waals surface area contributed by atoms with E-state index in [2.05, 4.69) is 17.3 Å². The molecule has 1 aromatic heterocycles. The van der Waals surface area contributed by atoms with Gasteiger partial charge in [-0.15, -0.1) is 0 Å². The molecular formula is C14H26N4O. The molecule has 1 unspecified atom stereocenters. The summed E-state index contributed by atoms with van der Waals surface area (Å²) in [6.45, 7) is 6.80. The second-order valence-corrected chi connectivity index (χ2v) is 5.06. The van der Waals surface area contributed by atoms with Crippen molar-refractivity contribution >= 4 is 5.91 Å². The Morgan fingerprint density at radius 1 is 1.47 bits per heavy atom. The van der Waals surface area contributed by atoms with E-state index in [1.165, 1.54) is 11.3 Å². The Kier molecular flexibility index (Phi) is 6.02. The maximum Gasteiger partial charge on any atom is 0.236 e. The average molecular weight is 266 g/mol. The summed E-state index contributed by atoms with van der Waals surface area (Å²) in [4.78, 5) is 11.6. The van der Waals surface area contributed by atoms with Gasteiger partial charge in [0.05, 0.1) is 11.7 Å². The quantitative estimate of drug-likeness (QED) is 0.729. The molecule has 0 radical (unpaired) electrons.